The third-order valence-electron chi connectivity index (χ3n) is 2.50. The smallest absolute Gasteiger partial charge is 0.268 e. The van der Waals surface area contributed by atoms with E-state index in [4.69, 9.17) is 10.7 Å². The summed E-state index contributed by atoms with van der Waals surface area (Å²) in [6, 6.07) is 1.15. The molecule has 120 valence electrons. The van der Waals surface area contributed by atoms with Gasteiger partial charge < -0.3 is 14.6 Å². The van der Waals surface area contributed by atoms with E-state index in [0.29, 0.717) is 6.54 Å². The lowest BCUT2D eigenvalue weighted by atomic mass is 10.4. The number of aryl methyl sites for hydroxylation is 1. The standard InChI is InChI=1S/C11H15ClF2N2O4S/c1-2-16-6-8(21(12,18)19)5-9(16)11(17)15-3-4-20-7-10(13)14/h5-6,10H,2-4,7H2,1H3,(H,15,17). The molecule has 0 atom stereocenters. The Hall–Kier alpha value is -1.19. The van der Waals surface area contributed by atoms with E-state index < -0.39 is 28.0 Å². The number of nitrogens with zero attached hydrogens (tertiary/aromatic N) is 1. The first-order valence-electron chi connectivity index (χ1n) is 6.04. The Morgan fingerprint density at radius 2 is 2.19 bits per heavy atom. The van der Waals surface area contributed by atoms with Gasteiger partial charge in [0.15, 0.2) is 0 Å². The Morgan fingerprint density at radius 1 is 1.52 bits per heavy atom. The summed E-state index contributed by atoms with van der Waals surface area (Å²) in [6.07, 6.45) is -1.31. The second kappa shape index (κ2) is 7.71. The molecular formula is C11H15ClF2N2O4S. The number of aromatic nitrogens is 1. The van der Waals surface area contributed by atoms with Crippen molar-refractivity contribution in [3.63, 3.8) is 0 Å². The van der Waals surface area contributed by atoms with Crippen molar-refractivity contribution in [2.75, 3.05) is 19.8 Å². The van der Waals surface area contributed by atoms with Crippen LogP contribution in [0.1, 0.15) is 17.4 Å². The number of hydrogen-bond acceptors (Lipinski definition) is 4. The molecule has 0 unspecified atom stereocenters. The Labute approximate surface area is 125 Å². The Bertz CT molecular complexity index is 589. The molecule has 1 aromatic heterocycles. The van der Waals surface area contributed by atoms with E-state index >= 15 is 0 Å². The Kier molecular flexibility index (Phi) is 6.56. The van der Waals surface area contributed by atoms with E-state index in [9.17, 15) is 22.0 Å². The number of ether oxygens (including phenoxy) is 1. The highest BCUT2D eigenvalue weighted by atomic mass is 35.7. The fourth-order valence-electron chi connectivity index (χ4n) is 1.57. The van der Waals surface area contributed by atoms with Crippen molar-refractivity contribution in [2.24, 2.45) is 0 Å². The molecule has 1 rings (SSSR count). The van der Waals surface area contributed by atoms with E-state index in [1.807, 2.05) is 0 Å². The molecule has 21 heavy (non-hydrogen) atoms. The third kappa shape index (κ3) is 5.60. The lowest BCUT2D eigenvalue weighted by Crippen LogP contribution is -2.29. The highest BCUT2D eigenvalue weighted by molar-refractivity contribution is 8.13. The highest BCUT2D eigenvalue weighted by Gasteiger charge is 2.19. The van der Waals surface area contributed by atoms with Gasteiger partial charge in [0.25, 0.3) is 21.4 Å². The predicted octanol–water partition coefficient (Wildman–Crippen LogP) is 1.45. The molecule has 0 aromatic carbocycles. The van der Waals surface area contributed by atoms with Crippen LogP contribution in [0.5, 0.6) is 0 Å². The molecular weight excluding hydrogens is 330 g/mol. The predicted molar refractivity (Wildman–Crippen MR) is 72.3 cm³/mol. The second-order valence-corrected chi connectivity index (χ2v) is 6.57. The summed E-state index contributed by atoms with van der Waals surface area (Å²) in [5.41, 5.74) is 0.116. The second-order valence-electron chi connectivity index (χ2n) is 4.01. The molecule has 0 saturated carbocycles. The molecule has 0 spiro atoms. The first-order chi connectivity index (χ1) is 9.75. The fourth-order valence-corrected chi connectivity index (χ4v) is 2.33. The van der Waals surface area contributed by atoms with Crippen molar-refractivity contribution < 1.29 is 26.7 Å². The molecule has 0 aliphatic carbocycles. The average Bonchev–Trinajstić information content (AvgIpc) is 2.81. The lowest BCUT2D eigenvalue weighted by molar-refractivity contribution is 0.0188. The van der Waals surface area contributed by atoms with Crippen LogP contribution in [-0.2, 0) is 20.3 Å². The lowest BCUT2D eigenvalue weighted by Gasteiger charge is -2.08. The molecule has 1 amide bonds. The summed E-state index contributed by atoms with van der Waals surface area (Å²) in [5.74, 6) is -0.538. The topological polar surface area (TPSA) is 77.4 Å². The summed E-state index contributed by atoms with van der Waals surface area (Å²) in [5, 5.41) is 2.44. The Balaban J connectivity index is 2.63. The summed E-state index contributed by atoms with van der Waals surface area (Å²) >= 11 is 0. The van der Waals surface area contributed by atoms with E-state index in [1.165, 1.54) is 10.8 Å². The maximum absolute atomic E-state index is 11.9. The van der Waals surface area contributed by atoms with Gasteiger partial charge in [-0.25, -0.2) is 17.2 Å². The summed E-state index contributed by atoms with van der Waals surface area (Å²) < 4.78 is 52.1. The number of amides is 1. The SMILES string of the molecule is CCn1cc(S(=O)(=O)Cl)cc1C(=O)NCCOCC(F)F. The zero-order chi connectivity index (χ0) is 16.0. The van der Waals surface area contributed by atoms with Crippen molar-refractivity contribution in [1.29, 1.82) is 0 Å². The maximum Gasteiger partial charge on any atom is 0.268 e. The molecule has 0 fully saturated rings. The first kappa shape index (κ1) is 17.9. The zero-order valence-corrected chi connectivity index (χ0v) is 12.8. The van der Waals surface area contributed by atoms with Gasteiger partial charge in [0.05, 0.1) is 6.61 Å². The van der Waals surface area contributed by atoms with E-state index in [1.54, 1.807) is 6.92 Å². The molecule has 0 saturated heterocycles. The van der Waals surface area contributed by atoms with Gasteiger partial charge in [0.1, 0.15) is 17.2 Å². The van der Waals surface area contributed by atoms with Crippen molar-refractivity contribution in [1.82, 2.24) is 9.88 Å². The highest BCUT2D eigenvalue weighted by Crippen LogP contribution is 2.18. The number of carbonyl (C=O) groups is 1. The molecule has 0 bridgehead atoms. The molecule has 10 heteroatoms. The van der Waals surface area contributed by atoms with Crippen LogP contribution in [-0.4, -0.2) is 45.1 Å². The van der Waals surface area contributed by atoms with Crippen molar-refractivity contribution in [3.05, 3.63) is 18.0 Å². The Morgan fingerprint density at radius 3 is 2.71 bits per heavy atom. The third-order valence-corrected chi connectivity index (χ3v) is 3.82. The van der Waals surface area contributed by atoms with Crippen LogP contribution in [0.15, 0.2) is 17.2 Å². The van der Waals surface area contributed by atoms with Crippen LogP contribution < -0.4 is 5.32 Å². The van der Waals surface area contributed by atoms with Crippen LogP contribution in [0.4, 0.5) is 8.78 Å². The molecule has 0 aliphatic rings. The number of hydrogen-bond donors (Lipinski definition) is 1. The van der Waals surface area contributed by atoms with Crippen LogP contribution in [0, 0.1) is 0 Å². The van der Waals surface area contributed by atoms with Crippen LogP contribution >= 0.6 is 10.7 Å². The number of carbonyl (C=O) groups excluding carboxylic acids is 1. The van der Waals surface area contributed by atoms with Crippen LogP contribution in [0.2, 0.25) is 0 Å². The number of halogens is 3. The summed E-state index contributed by atoms with van der Waals surface area (Å²) in [6.45, 7) is 1.37. The average molecular weight is 345 g/mol. The first-order valence-corrected chi connectivity index (χ1v) is 8.35. The zero-order valence-electron chi connectivity index (χ0n) is 11.2. The van der Waals surface area contributed by atoms with Gasteiger partial charge in [0.2, 0.25) is 0 Å². The minimum absolute atomic E-state index is 0.0312. The van der Waals surface area contributed by atoms with E-state index in [0.717, 1.165) is 6.07 Å². The van der Waals surface area contributed by atoms with Crippen molar-refractivity contribution >= 4 is 25.6 Å². The van der Waals surface area contributed by atoms with Gasteiger partial charge in [-0.15, -0.1) is 0 Å². The van der Waals surface area contributed by atoms with Gasteiger partial charge in [-0.05, 0) is 13.0 Å². The molecule has 1 N–H and O–H groups in total. The monoisotopic (exact) mass is 344 g/mol. The van der Waals surface area contributed by atoms with Crippen molar-refractivity contribution in [3.8, 4) is 0 Å². The molecule has 0 radical (unpaired) electrons. The normalized spacial score (nSPS) is 11.9. The fraction of sp³-hybridized carbons (Fsp3) is 0.545. The van der Waals surface area contributed by atoms with Gasteiger partial charge in [-0.2, -0.15) is 0 Å². The van der Waals surface area contributed by atoms with Gasteiger partial charge in [0, 0.05) is 30.0 Å². The minimum Gasteiger partial charge on any atom is -0.374 e. The van der Waals surface area contributed by atoms with E-state index in [2.05, 4.69) is 10.1 Å². The summed E-state index contributed by atoms with van der Waals surface area (Å²) in [7, 11) is 1.29. The maximum atomic E-state index is 11.9. The molecule has 0 aliphatic heterocycles. The molecule has 1 heterocycles. The van der Waals surface area contributed by atoms with Crippen LogP contribution in [0.3, 0.4) is 0 Å². The quantitative estimate of drug-likeness (QED) is 0.572. The largest absolute Gasteiger partial charge is 0.374 e. The number of alkyl halides is 2. The van der Waals surface area contributed by atoms with Gasteiger partial charge in [-0.3, -0.25) is 4.79 Å². The number of nitrogens with one attached hydrogen (secondary N) is 1. The molecule has 6 nitrogen and oxygen atoms in total. The van der Waals surface area contributed by atoms with Crippen molar-refractivity contribution in [2.45, 2.75) is 24.8 Å². The van der Waals surface area contributed by atoms with Gasteiger partial charge >= 0.3 is 0 Å². The van der Waals surface area contributed by atoms with Crippen LogP contribution in [0.25, 0.3) is 0 Å². The summed E-state index contributed by atoms with van der Waals surface area (Å²) in [4.78, 5) is 11.7. The number of rotatable bonds is 8. The van der Waals surface area contributed by atoms with E-state index in [-0.39, 0.29) is 23.7 Å². The minimum atomic E-state index is -3.92. The van der Waals surface area contributed by atoms with Gasteiger partial charge in [-0.1, -0.05) is 0 Å². The molecule has 1 aromatic rings.